The third-order valence-electron chi connectivity index (χ3n) is 2.35. The molecule has 0 saturated heterocycles. The number of aliphatic hydroxyl groups excluding tert-OH is 1. The number of rotatable bonds is 6. The number of carbonyl (C=O) groups excluding carboxylic acids is 1. The molecule has 1 heterocycles. The van der Waals surface area contributed by atoms with Crippen molar-refractivity contribution < 1.29 is 14.3 Å². The first-order chi connectivity index (χ1) is 7.67. The topological polar surface area (TPSA) is 88.5 Å². The predicted molar refractivity (Wildman–Crippen MR) is 67.1 cm³/mol. The van der Waals surface area contributed by atoms with E-state index in [0.29, 0.717) is 30.7 Å². The van der Waals surface area contributed by atoms with E-state index in [9.17, 15) is 9.90 Å². The Morgan fingerprint density at radius 1 is 1.65 bits per heavy atom. The molecule has 1 amide bonds. The lowest BCUT2D eigenvalue weighted by atomic mass is 10.2. The van der Waals surface area contributed by atoms with Gasteiger partial charge in [-0.05, 0) is 18.9 Å². The second-order valence-electron chi connectivity index (χ2n) is 3.61. The van der Waals surface area contributed by atoms with Crippen LogP contribution in [0.15, 0.2) is 16.7 Å². The van der Waals surface area contributed by atoms with Gasteiger partial charge < -0.3 is 20.6 Å². The quantitative estimate of drug-likeness (QED) is 0.715. The van der Waals surface area contributed by atoms with Crippen LogP contribution in [0.2, 0.25) is 0 Å². The van der Waals surface area contributed by atoms with Gasteiger partial charge in [-0.15, -0.1) is 12.4 Å². The fourth-order valence-electron chi connectivity index (χ4n) is 1.27. The van der Waals surface area contributed by atoms with Gasteiger partial charge in [-0.1, -0.05) is 6.92 Å². The summed E-state index contributed by atoms with van der Waals surface area (Å²) in [5.41, 5.74) is 5.83. The van der Waals surface area contributed by atoms with Crippen LogP contribution in [-0.2, 0) is 6.54 Å². The van der Waals surface area contributed by atoms with Crippen LogP contribution in [-0.4, -0.2) is 23.7 Å². The lowest BCUT2D eigenvalue weighted by Gasteiger charge is -2.07. The fourth-order valence-corrected chi connectivity index (χ4v) is 1.27. The van der Waals surface area contributed by atoms with E-state index in [0.717, 1.165) is 0 Å². The van der Waals surface area contributed by atoms with Crippen molar-refractivity contribution in [3.8, 4) is 0 Å². The molecule has 98 valence electrons. The molecule has 0 aliphatic carbocycles. The third kappa shape index (κ3) is 5.21. The van der Waals surface area contributed by atoms with Gasteiger partial charge in [-0.2, -0.15) is 0 Å². The number of halogens is 1. The van der Waals surface area contributed by atoms with Crippen molar-refractivity contribution in [1.82, 2.24) is 5.32 Å². The first kappa shape index (κ1) is 16.0. The van der Waals surface area contributed by atoms with Gasteiger partial charge in [0.05, 0.1) is 18.2 Å². The van der Waals surface area contributed by atoms with E-state index in [1.807, 2.05) is 6.92 Å². The summed E-state index contributed by atoms with van der Waals surface area (Å²) in [7, 11) is 0. The first-order valence-electron chi connectivity index (χ1n) is 5.41. The maximum atomic E-state index is 11.6. The van der Waals surface area contributed by atoms with Crippen molar-refractivity contribution in [3.05, 3.63) is 23.7 Å². The van der Waals surface area contributed by atoms with Crippen molar-refractivity contribution in [2.24, 2.45) is 5.73 Å². The molecule has 1 atom stereocenters. The van der Waals surface area contributed by atoms with Crippen molar-refractivity contribution in [2.45, 2.75) is 32.4 Å². The van der Waals surface area contributed by atoms with Crippen molar-refractivity contribution >= 4 is 18.3 Å². The summed E-state index contributed by atoms with van der Waals surface area (Å²) in [4.78, 5) is 11.6. The van der Waals surface area contributed by atoms with Crippen LogP contribution < -0.4 is 11.1 Å². The van der Waals surface area contributed by atoms with Gasteiger partial charge >= 0.3 is 0 Å². The molecule has 0 aliphatic heterocycles. The summed E-state index contributed by atoms with van der Waals surface area (Å²) < 4.78 is 5.05. The van der Waals surface area contributed by atoms with E-state index in [1.54, 1.807) is 6.07 Å². The molecule has 1 rings (SSSR count). The zero-order valence-corrected chi connectivity index (χ0v) is 10.6. The smallest absolute Gasteiger partial charge is 0.254 e. The lowest BCUT2D eigenvalue weighted by Crippen LogP contribution is -2.26. The molecule has 0 aliphatic rings. The van der Waals surface area contributed by atoms with Gasteiger partial charge in [0.25, 0.3) is 5.91 Å². The highest BCUT2D eigenvalue weighted by Gasteiger charge is 2.09. The number of carbonyl (C=O) groups is 1. The molecule has 0 aromatic carbocycles. The summed E-state index contributed by atoms with van der Waals surface area (Å²) in [6.45, 7) is 2.63. The van der Waals surface area contributed by atoms with Crippen molar-refractivity contribution in [2.75, 3.05) is 6.54 Å². The Hall–Kier alpha value is -1.04. The molecule has 1 aromatic heterocycles. The highest BCUT2D eigenvalue weighted by Crippen LogP contribution is 2.06. The Bertz CT molecular complexity index is 341. The summed E-state index contributed by atoms with van der Waals surface area (Å²) in [6.07, 6.45) is 2.28. The summed E-state index contributed by atoms with van der Waals surface area (Å²) >= 11 is 0. The number of aliphatic hydroxyl groups is 1. The minimum atomic E-state index is -0.357. The third-order valence-corrected chi connectivity index (χ3v) is 2.35. The molecule has 17 heavy (non-hydrogen) atoms. The number of hydrogen-bond acceptors (Lipinski definition) is 4. The Morgan fingerprint density at radius 2 is 2.35 bits per heavy atom. The predicted octanol–water partition coefficient (Wildman–Crippen LogP) is 1.05. The van der Waals surface area contributed by atoms with Gasteiger partial charge in [0.15, 0.2) is 0 Å². The Labute approximate surface area is 107 Å². The second-order valence-corrected chi connectivity index (χ2v) is 3.61. The number of hydrogen-bond donors (Lipinski definition) is 3. The fraction of sp³-hybridized carbons (Fsp3) is 0.545. The number of nitrogens with one attached hydrogen (secondary N) is 1. The minimum absolute atomic E-state index is 0. The molecule has 6 heteroatoms. The van der Waals surface area contributed by atoms with Gasteiger partial charge in [-0.25, -0.2) is 0 Å². The van der Waals surface area contributed by atoms with E-state index in [-0.39, 0.29) is 31.0 Å². The average Bonchev–Trinajstić information content (AvgIpc) is 2.77. The van der Waals surface area contributed by atoms with Crippen LogP contribution in [0.1, 0.15) is 35.9 Å². The molecular weight excluding hydrogens is 244 g/mol. The SMILES string of the molecule is CCC(O)CCNC(=O)c1coc(CN)c1.Cl. The summed E-state index contributed by atoms with van der Waals surface area (Å²) in [6, 6.07) is 1.62. The van der Waals surface area contributed by atoms with Gasteiger partial charge in [0, 0.05) is 6.54 Å². The number of amides is 1. The second kappa shape index (κ2) is 8.11. The molecule has 4 N–H and O–H groups in total. The number of nitrogens with two attached hydrogens (primary N) is 1. The van der Waals surface area contributed by atoms with E-state index in [1.165, 1.54) is 6.26 Å². The molecule has 0 radical (unpaired) electrons. The largest absolute Gasteiger partial charge is 0.467 e. The Morgan fingerprint density at radius 3 is 2.88 bits per heavy atom. The standard InChI is InChI=1S/C11H18N2O3.ClH/c1-2-9(14)3-4-13-11(15)8-5-10(6-12)16-7-8;/h5,7,9,14H,2-4,6,12H2,1H3,(H,13,15);1H. The van der Waals surface area contributed by atoms with Crippen LogP contribution in [0.5, 0.6) is 0 Å². The van der Waals surface area contributed by atoms with E-state index < -0.39 is 0 Å². The molecule has 1 aromatic rings. The van der Waals surface area contributed by atoms with E-state index in [4.69, 9.17) is 10.2 Å². The van der Waals surface area contributed by atoms with Crippen LogP contribution >= 0.6 is 12.4 Å². The van der Waals surface area contributed by atoms with Crippen molar-refractivity contribution in [1.29, 1.82) is 0 Å². The van der Waals surface area contributed by atoms with Crippen molar-refractivity contribution in [3.63, 3.8) is 0 Å². The maximum absolute atomic E-state index is 11.6. The molecule has 0 bridgehead atoms. The summed E-state index contributed by atoms with van der Waals surface area (Å²) in [5.74, 6) is 0.380. The average molecular weight is 263 g/mol. The molecule has 5 nitrogen and oxygen atoms in total. The Balaban J connectivity index is 0.00000256. The molecular formula is C11H19ClN2O3. The normalized spacial score (nSPS) is 11.7. The first-order valence-corrected chi connectivity index (χ1v) is 5.41. The molecule has 0 spiro atoms. The summed E-state index contributed by atoms with van der Waals surface area (Å²) in [5, 5.41) is 12.0. The van der Waals surface area contributed by atoms with Crippen LogP contribution in [0, 0.1) is 0 Å². The molecule has 0 saturated carbocycles. The van der Waals surface area contributed by atoms with E-state index in [2.05, 4.69) is 5.32 Å². The maximum Gasteiger partial charge on any atom is 0.254 e. The lowest BCUT2D eigenvalue weighted by molar-refractivity contribution is 0.0941. The van der Waals surface area contributed by atoms with Crippen LogP contribution in [0.25, 0.3) is 0 Å². The highest BCUT2D eigenvalue weighted by molar-refractivity contribution is 5.93. The minimum Gasteiger partial charge on any atom is -0.467 e. The number of furan rings is 1. The van der Waals surface area contributed by atoms with Gasteiger partial charge in [-0.3, -0.25) is 4.79 Å². The zero-order valence-electron chi connectivity index (χ0n) is 9.81. The van der Waals surface area contributed by atoms with Crippen LogP contribution in [0.3, 0.4) is 0 Å². The molecule has 1 unspecified atom stereocenters. The highest BCUT2D eigenvalue weighted by atomic mass is 35.5. The van der Waals surface area contributed by atoms with Gasteiger partial charge in [0.2, 0.25) is 0 Å². The van der Waals surface area contributed by atoms with E-state index >= 15 is 0 Å². The molecule has 0 fully saturated rings. The Kier molecular flexibility index (Phi) is 7.61. The van der Waals surface area contributed by atoms with Gasteiger partial charge in [0.1, 0.15) is 12.0 Å². The monoisotopic (exact) mass is 262 g/mol. The zero-order chi connectivity index (χ0) is 12.0. The van der Waals surface area contributed by atoms with Crippen LogP contribution in [0.4, 0.5) is 0 Å².